The summed E-state index contributed by atoms with van der Waals surface area (Å²) in [5, 5.41) is 3.66. The first kappa shape index (κ1) is 11.1. The third kappa shape index (κ3) is 2.47. The minimum absolute atomic E-state index is 0.689. The first-order chi connectivity index (χ1) is 8.36. The molecule has 0 spiro atoms. The Morgan fingerprint density at radius 3 is 2.94 bits per heavy atom. The van der Waals surface area contributed by atoms with E-state index in [0.29, 0.717) is 5.92 Å². The van der Waals surface area contributed by atoms with Gasteiger partial charge in [0.05, 0.1) is 7.11 Å². The summed E-state index contributed by atoms with van der Waals surface area (Å²) >= 11 is 0. The summed E-state index contributed by atoms with van der Waals surface area (Å²) < 4.78 is 5.35. The number of rotatable bonds is 4. The van der Waals surface area contributed by atoms with Crippen LogP contribution in [0.15, 0.2) is 18.2 Å². The zero-order valence-corrected chi connectivity index (χ0v) is 10.5. The Labute approximate surface area is 103 Å². The Balaban J connectivity index is 1.77. The minimum atomic E-state index is 0.689. The molecular formula is C15H21NO. The number of aryl methyl sites for hydroxylation is 1. The van der Waals surface area contributed by atoms with E-state index in [0.717, 1.165) is 18.3 Å². The third-order valence-electron chi connectivity index (χ3n) is 4.02. The average molecular weight is 231 g/mol. The SMILES string of the molecule is COc1ccc2c(c1)C(CNC1CC1)CCC2. The number of fused-ring (bicyclic) bond motifs is 1. The van der Waals surface area contributed by atoms with Gasteiger partial charge in [0, 0.05) is 12.6 Å². The molecule has 1 aromatic rings. The molecule has 2 nitrogen and oxygen atoms in total. The van der Waals surface area contributed by atoms with Crippen molar-refractivity contribution in [2.24, 2.45) is 0 Å². The van der Waals surface area contributed by atoms with E-state index < -0.39 is 0 Å². The van der Waals surface area contributed by atoms with E-state index in [1.54, 1.807) is 7.11 Å². The fourth-order valence-electron chi connectivity index (χ4n) is 2.81. The minimum Gasteiger partial charge on any atom is -0.497 e. The zero-order chi connectivity index (χ0) is 11.7. The van der Waals surface area contributed by atoms with Crippen LogP contribution < -0.4 is 10.1 Å². The molecule has 1 N–H and O–H groups in total. The van der Waals surface area contributed by atoms with E-state index in [1.807, 2.05) is 0 Å². The molecule has 92 valence electrons. The molecule has 2 aliphatic rings. The highest BCUT2D eigenvalue weighted by atomic mass is 16.5. The van der Waals surface area contributed by atoms with Crippen molar-refractivity contribution in [2.75, 3.05) is 13.7 Å². The van der Waals surface area contributed by atoms with Crippen LogP contribution in [0.25, 0.3) is 0 Å². The molecule has 0 bridgehead atoms. The van der Waals surface area contributed by atoms with Crippen molar-refractivity contribution in [3.8, 4) is 5.75 Å². The molecule has 2 heteroatoms. The zero-order valence-electron chi connectivity index (χ0n) is 10.5. The highest BCUT2D eigenvalue weighted by Crippen LogP contribution is 2.34. The van der Waals surface area contributed by atoms with Crippen molar-refractivity contribution < 1.29 is 4.74 Å². The molecular weight excluding hydrogens is 210 g/mol. The predicted molar refractivity (Wildman–Crippen MR) is 69.7 cm³/mol. The number of hydrogen-bond donors (Lipinski definition) is 1. The monoisotopic (exact) mass is 231 g/mol. The van der Waals surface area contributed by atoms with E-state index in [9.17, 15) is 0 Å². The Hall–Kier alpha value is -1.02. The fourth-order valence-corrected chi connectivity index (χ4v) is 2.81. The van der Waals surface area contributed by atoms with Crippen molar-refractivity contribution in [2.45, 2.75) is 44.1 Å². The summed E-state index contributed by atoms with van der Waals surface area (Å²) in [5.74, 6) is 1.69. The average Bonchev–Trinajstić information content (AvgIpc) is 3.19. The molecule has 1 fully saturated rings. The van der Waals surface area contributed by atoms with Gasteiger partial charge in [0.2, 0.25) is 0 Å². The summed E-state index contributed by atoms with van der Waals surface area (Å²) in [4.78, 5) is 0. The lowest BCUT2D eigenvalue weighted by atomic mass is 9.82. The van der Waals surface area contributed by atoms with Crippen LogP contribution in [0.5, 0.6) is 5.75 Å². The molecule has 2 aliphatic carbocycles. The van der Waals surface area contributed by atoms with Crippen molar-refractivity contribution >= 4 is 0 Å². The Kier molecular flexibility index (Phi) is 3.06. The lowest BCUT2D eigenvalue weighted by molar-refractivity contribution is 0.411. The number of ether oxygens (including phenoxy) is 1. The van der Waals surface area contributed by atoms with Gasteiger partial charge in [-0.05, 0) is 61.3 Å². The third-order valence-corrected chi connectivity index (χ3v) is 4.02. The maximum Gasteiger partial charge on any atom is 0.119 e. The van der Waals surface area contributed by atoms with Gasteiger partial charge in [-0.1, -0.05) is 6.07 Å². The molecule has 0 heterocycles. The number of benzene rings is 1. The molecule has 0 radical (unpaired) electrons. The molecule has 0 saturated heterocycles. The van der Waals surface area contributed by atoms with Gasteiger partial charge >= 0.3 is 0 Å². The fraction of sp³-hybridized carbons (Fsp3) is 0.600. The summed E-state index contributed by atoms with van der Waals surface area (Å²) in [7, 11) is 1.75. The normalized spacial score (nSPS) is 23.2. The summed E-state index contributed by atoms with van der Waals surface area (Å²) in [6, 6.07) is 7.40. The van der Waals surface area contributed by atoms with Gasteiger partial charge in [0.15, 0.2) is 0 Å². The van der Waals surface area contributed by atoms with Crippen LogP contribution in [0.1, 0.15) is 42.7 Å². The second kappa shape index (κ2) is 4.69. The number of methoxy groups -OCH3 is 1. The maximum atomic E-state index is 5.35. The van der Waals surface area contributed by atoms with Gasteiger partial charge < -0.3 is 10.1 Å². The van der Waals surface area contributed by atoms with Gasteiger partial charge in [0.1, 0.15) is 5.75 Å². The molecule has 3 rings (SSSR count). The van der Waals surface area contributed by atoms with E-state index in [-0.39, 0.29) is 0 Å². The summed E-state index contributed by atoms with van der Waals surface area (Å²) in [6.07, 6.45) is 6.63. The van der Waals surface area contributed by atoms with E-state index in [4.69, 9.17) is 4.74 Å². The largest absolute Gasteiger partial charge is 0.497 e. The molecule has 17 heavy (non-hydrogen) atoms. The molecule has 1 aromatic carbocycles. The number of nitrogens with one attached hydrogen (secondary N) is 1. The highest BCUT2D eigenvalue weighted by molar-refractivity contribution is 5.39. The van der Waals surface area contributed by atoms with Gasteiger partial charge in [-0.15, -0.1) is 0 Å². The highest BCUT2D eigenvalue weighted by Gasteiger charge is 2.25. The van der Waals surface area contributed by atoms with Crippen LogP contribution in [0.2, 0.25) is 0 Å². The molecule has 1 atom stereocenters. The predicted octanol–water partition coefficient (Wildman–Crippen LogP) is 2.87. The first-order valence-electron chi connectivity index (χ1n) is 6.77. The second-order valence-electron chi connectivity index (χ2n) is 5.34. The van der Waals surface area contributed by atoms with Crippen LogP contribution in [0.4, 0.5) is 0 Å². The molecule has 1 unspecified atom stereocenters. The van der Waals surface area contributed by atoms with Crippen molar-refractivity contribution in [3.05, 3.63) is 29.3 Å². The first-order valence-corrected chi connectivity index (χ1v) is 6.77. The molecule has 0 aromatic heterocycles. The van der Waals surface area contributed by atoms with Crippen LogP contribution in [-0.2, 0) is 6.42 Å². The van der Waals surface area contributed by atoms with Crippen LogP contribution >= 0.6 is 0 Å². The van der Waals surface area contributed by atoms with E-state index in [2.05, 4.69) is 23.5 Å². The lowest BCUT2D eigenvalue weighted by Crippen LogP contribution is -2.26. The van der Waals surface area contributed by atoms with Crippen LogP contribution in [-0.4, -0.2) is 19.7 Å². The van der Waals surface area contributed by atoms with Gasteiger partial charge in [0.25, 0.3) is 0 Å². The molecule has 0 aliphatic heterocycles. The Bertz CT molecular complexity index is 398. The molecule has 1 saturated carbocycles. The van der Waals surface area contributed by atoms with Gasteiger partial charge in [-0.25, -0.2) is 0 Å². The van der Waals surface area contributed by atoms with Crippen molar-refractivity contribution in [1.82, 2.24) is 5.32 Å². The van der Waals surface area contributed by atoms with Crippen LogP contribution in [0, 0.1) is 0 Å². The summed E-state index contributed by atoms with van der Waals surface area (Å²) in [5.41, 5.74) is 3.04. The molecule has 0 amide bonds. The second-order valence-corrected chi connectivity index (χ2v) is 5.34. The maximum absolute atomic E-state index is 5.35. The lowest BCUT2D eigenvalue weighted by Gasteiger charge is -2.26. The van der Waals surface area contributed by atoms with E-state index in [1.165, 1.54) is 43.2 Å². The summed E-state index contributed by atoms with van der Waals surface area (Å²) in [6.45, 7) is 1.14. The van der Waals surface area contributed by atoms with Crippen LogP contribution in [0.3, 0.4) is 0 Å². The van der Waals surface area contributed by atoms with Gasteiger partial charge in [-0.3, -0.25) is 0 Å². The standard InChI is InChI=1S/C15H21NO/c1-17-14-8-5-11-3-2-4-12(15(11)9-14)10-16-13-6-7-13/h5,8-9,12-13,16H,2-4,6-7,10H2,1H3. The van der Waals surface area contributed by atoms with E-state index >= 15 is 0 Å². The van der Waals surface area contributed by atoms with Gasteiger partial charge in [-0.2, -0.15) is 0 Å². The van der Waals surface area contributed by atoms with Crippen molar-refractivity contribution in [3.63, 3.8) is 0 Å². The smallest absolute Gasteiger partial charge is 0.119 e. The topological polar surface area (TPSA) is 21.3 Å². The number of hydrogen-bond acceptors (Lipinski definition) is 2. The quantitative estimate of drug-likeness (QED) is 0.860. The Morgan fingerprint density at radius 1 is 1.29 bits per heavy atom. The van der Waals surface area contributed by atoms with Crippen molar-refractivity contribution in [1.29, 1.82) is 0 Å². The Morgan fingerprint density at radius 2 is 2.18 bits per heavy atom.